The minimum Gasteiger partial charge on any atom is -0.465 e. The quantitative estimate of drug-likeness (QED) is 0.692. The van der Waals surface area contributed by atoms with Crippen molar-refractivity contribution in [2.75, 3.05) is 25.1 Å². The third-order valence-electron chi connectivity index (χ3n) is 2.76. The zero-order valence-corrected chi connectivity index (χ0v) is 8.90. The molecule has 0 aromatic heterocycles. The summed E-state index contributed by atoms with van der Waals surface area (Å²) in [5.41, 5.74) is 1.67. The Balaban J connectivity index is 2.32. The minimum atomic E-state index is -0.252. The molecule has 1 aromatic rings. The molecule has 1 heterocycles. The van der Waals surface area contributed by atoms with Gasteiger partial charge in [0, 0.05) is 13.1 Å². The lowest BCUT2D eigenvalue weighted by atomic mass is 10.1. The highest BCUT2D eigenvalue weighted by atomic mass is 16.5. The van der Waals surface area contributed by atoms with Gasteiger partial charge in [-0.2, -0.15) is 0 Å². The van der Waals surface area contributed by atoms with Crippen molar-refractivity contribution in [1.29, 1.82) is 0 Å². The molecule has 0 unspecified atom stereocenters. The predicted octanol–water partition coefficient (Wildman–Crippen LogP) is 2.07. The van der Waals surface area contributed by atoms with Crippen LogP contribution in [0.25, 0.3) is 0 Å². The van der Waals surface area contributed by atoms with Crippen molar-refractivity contribution >= 4 is 11.7 Å². The van der Waals surface area contributed by atoms with Crippen LogP contribution in [0.2, 0.25) is 0 Å². The maximum absolute atomic E-state index is 11.5. The summed E-state index contributed by atoms with van der Waals surface area (Å²) in [5.74, 6) is -0.252. The van der Waals surface area contributed by atoms with E-state index in [0.717, 1.165) is 18.8 Å². The van der Waals surface area contributed by atoms with Crippen LogP contribution in [0, 0.1) is 0 Å². The monoisotopic (exact) mass is 205 g/mol. The molecule has 2 rings (SSSR count). The summed E-state index contributed by atoms with van der Waals surface area (Å²) >= 11 is 0. The van der Waals surface area contributed by atoms with Gasteiger partial charge in [0.25, 0.3) is 0 Å². The fourth-order valence-corrected chi connectivity index (χ4v) is 1.99. The van der Waals surface area contributed by atoms with Gasteiger partial charge in [-0.05, 0) is 25.0 Å². The lowest BCUT2D eigenvalue weighted by Gasteiger charge is -2.20. The number of rotatable bonds is 2. The molecule has 1 saturated heterocycles. The molecule has 0 amide bonds. The first-order chi connectivity index (χ1) is 7.33. The molecule has 0 N–H and O–H groups in total. The van der Waals surface area contributed by atoms with E-state index < -0.39 is 0 Å². The summed E-state index contributed by atoms with van der Waals surface area (Å²) < 4.78 is 4.77. The van der Waals surface area contributed by atoms with Crippen LogP contribution in [0.5, 0.6) is 0 Å². The number of carbonyl (C=O) groups excluding carboxylic acids is 1. The van der Waals surface area contributed by atoms with Crippen LogP contribution < -0.4 is 4.90 Å². The summed E-state index contributed by atoms with van der Waals surface area (Å²) in [6, 6.07) is 7.63. The van der Waals surface area contributed by atoms with Gasteiger partial charge in [-0.3, -0.25) is 0 Å². The Labute approximate surface area is 89.7 Å². The molecule has 1 fully saturated rings. The van der Waals surface area contributed by atoms with E-state index in [9.17, 15) is 4.79 Å². The van der Waals surface area contributed by atoms with Gasteiger partial charge in [0.05, 0.1) is 18.4 Å². The van der Waals surface area contributed by atoms with Crippen molar-refractivity contribution in [3.05, 3.63) is 29.8 Å². The molecule has 3 heteroatoms. The van der Waals surface area contributed by atoms with Gasteiger partial charge in [-0.1, -0.05) is 12.1 Å². The van der Waals surface area contributed by atoms with Gasteiger partial charge in [0.1, 0.15) is 0 Å². The van der Waals surface area contributed by atoms with Crippen LogP contribution in [0.3, 0.4) is 0 Å². The molecule has 3 nitrogen and oxygen atoms in total. The number of anilines is 1. The van der Waals surface area contributed by atoms with E-state index in [-0.39, 0.29) is 5.97 Å². The van der Waals surface area contributed by atoms with E-state index in [4.69, 9.17) is 4.74 Å². The van der Waals surface area contributed by atoms with Crippen LogP contribution in [0.1, 0.15) is 23.2 Å². The van der Waals surface area contributed by atoms with Gasteiger partial charge in [-0.15, -0.1) is 0 Å². The van der Waals surface area contributed by atoms with Gasteiger partial charge in [-0.25, -0.2) is 4.79 Å². The molecule has 1 aliphatic rings. The van der Waals surface area contributed by atoms with Crippen molar-refractivity contribution in [1.82, 2.24) is 0 Å². The van der Waals surface area contributed by atoms with E-state index in [0.29, 0.717) is 5.56 Å². The van der Waals surface area contributed by atoms with Crippen molar-refractivity contribution in [3.8, 4) is 0 Å². The summed E-state index contributed by atoms with van der Waals surface area (Å²) in [5, 5.41) is 0. The zero-order chi connectivity index (χ0) is 10.7. The summed E-state index contributed by atoms with van der Waals surface area (Å²) in [6.07, 6.45) is 2.41. The number of nitrogens with zero attached hydrogens (tertiary/aromatic N) is 1. The molecule has 0 atom stereocenters. The summed E-state index contributed by atoms with van der Waals surface area (Å²) in [6.45, 7) is 2.07. The maximum Gasteiger partial charge on any atom is 0.339 e. The van der Waals surface area contributed by atoms with Gasteiger partial charge in [0.15, 0.2) is 0 Å². The largest absolute Gasteiger partial charge is 0.465 e. The van der Waals surface area contributed by atoms with Crippen LogP contribution in [0.4, 0.5) is 5.69 Å². The lowest BCUT2D eigenvalue weighted by Crippen LogP contribution is -2.20. The third kappa shape index (κ3) is 1.96. The molecular weight excluding hydrogens is 190 g/mol. The Hall–Kier alpha value is -1.51. The first-order valence-corrected chi connectivity index (χ1v) is 5.25. The van der Waals surface area contributed by atoms with Crippen LogP contribution >= 0.6 is 0 Å². The number of methoxy groups -OCH3 is 1. The third-order valence-corrected chi connectivity index (χ3v) is 2.76. The Morgan fingerprint density at radius 2 is 1.93 bits per heavy atom. The number of benzene rings is 1. The predicted molar refractivity (Wildman–Crippen MR) is 59.2 cm³/mol. The van der Waals surface area contributed by atoms with E-state index in [1.165, 1.54) is 20.0 Å². The minimum absolute atomic E-state index is 0.252. The highest BCUT2D eigenvalue weighted by molar-refractivity contribution is 5.95. The number of hydrogen-bond donors (Lipinski definition) is 0. The normalized spacial score (nSPS) is 15.4. The van der Waals surface area contributed by atoms with Crippen molar-refractivity contribution < 1.29 is 9.53 Å². The molecule has 1 aromatic carbocycles. The van der Waals surface area contributed by atoms with E-state index in [1.807, 2.05) is 24.3 Å². The highest BCUT2D eigenvalue weighted by Crippen LogP contribution is 2.24. The number of carbonyl (C=O) groups is 1. The van der Waals surface area contributed by atoms with Crippen LogP contribution in [0.15, 0.2) is 24.3 Å². The molecule has 0 bridgehead atoms. The SMILES string of the molecule is COC(=O)c1ccccc1N1CCCC1. The average molecular weight is 205 g/mol. The standard InChI is InChI=1S/C12H15NO2/c1-15-12(14)10-6-2-3-7-11(10)13-8-4-5-9-13/h2-3,6-7H,4-5,8-9H2,1H3. The molecular formula is C12H15NO2. The van der Waals surface area contributed by atoms with Crippen molar-refractivity contribution in [2.24, 2.45) is 0 Å². The highest BCUT2D eigenvalue weighted by Gasteiger charge is 2.18. The molecule has 15 heavy (non-hydrogen) atoms. The van der Waals surface area contributed by atoms with Crippen LogP contribution in [-0.2, 0) is 4.74 Å². The molecule has 0 radical (unpaired) electrons. The average Bonchev–Trinajstić information content (AvgIpc) is 2.81. The number of esters is 1. The van der Waals surface area contributed by atoms with E-state index in [1.54, 1.807) is 0 Å². The fourth-order valence-electron chi connectivity index (χ4n) is 1.99. The Morgan fingerprint density at radius 3 is 2.60 bits per heavy atom. The van der Waals surface area contributed by atoms with E-state index in [2.05, 4.69) is 4.90 Å². The number of para-hydroxylation sites is 1. The molecule has 0 aliphatic carbocycles. The Morgan fingerprint density at radius 1 is 1.27 bits per heavy atom. The molecule has 0 saturated carbocycles. The summed E-state index contributed by atoms with van der Waals surface area (Å²) in [7, 11) is 1.42. The molecule has 0 spiro atoms. The van der Waals surface area contributed by atoms with Crippen molar-refractivity contribution in [2.45, 2.75) is 12.8 Å². The van der Waals surface area contributed by atoms with Gasteiger partial charge in [0.2, 0.25) is 0 Å². The molecule has 1 aliphatic heterocycles. The molecule has 80 valence electrons. The smallest absolute Gasteiger partial charge is 0.339 e. The topological polar surface area (TPSA) is 29.5 Å². The lowest BCUT2D eigenvalue weighted by molar-refractivity contribution is 0.0601. The summed E-state index contributed by atoms with van der Waals surface area (Å²) in [4.78, 5) is 13.8. The zero-order valence-electron chi connectivity index (χ0n) is 8.90. The number of ether oxygens (including phenoxy) is 1. The first-order valence-electron chi connectivity index (χ1n) is 5.25. The number of hydrogen-bond acceptors (Lipinski definition) is 3. The second-order valence-electron chi connectivity index (χ2n) is 3.70. The van der Waals surface area contributed by atoms with Gasteiger partial charge >= 0.3 is 5.97 Å². The first kappa shape index (κ1) is 10.0. The second-order valence-corrected chi connectivity index (χ2v) is 3.70. The second kappa shape index (κ2) is 4.34. The van der Waals surface area contributed by atoms with E-state index >= 15 is 0 Å². The Kier molecular flexibility index (Phi) is 2.90. The van der Waals surface area contributed by atoms with Crippen LogP contribution in [-0.4, -0.2) is 26.2 Å². The van der Waals surface area contributed by atoms with Gasteiger partial charge < -0.3 is 9.64 Å². The Bertz CT molecular complexity index is 356. The fraction of sp³-hybridized carbons (Fsp3) is 0.417. The maximum atomic E-state index is 11.5. The van der Waals surface area contributed by atoms with Crippen molar-refractivity contribution in [3.63, 3.8) is 0 Å².